The molecule has 0 aliphatic rings. The highest BCUT2D eigenvalue weighted by Gasteiger charge is 2.21. The van der Waals surface area contributed by atoms with E-state index in [0.717, 1.165) is 11.3 Å². The fourth-order valence-corrected chi connectivity index (χ4v) is 1.98. The third kappa shape index (κ3) is 5.10. The van der Waals surface area contributed by atoms with Crippen molar-refractivity contribution in [1.82, 2.24) is 5.32 Å². The minimum atomic E-state index is -0.911. The third-order valence-corrected chi connectivity index (χ3v) is 3.70. The SMILES string of the molecule is COc1ccc(C(C)CC(=O)NC(C)C(C)C(=O)O)cc1. The first-order chi connectivity index (χ1) is 9.85. The number of benzene rings is 1. The van der Waals surface area contributed by atoms with E-state index in [9.17, 15) is 9.59 Å². The lowest BCUT2D eigenvalue weighted by Crippen LogP contribution is -2.40. The highest BCUT2D eigenvalue weighted by Crippen LogP contribution is 2.21. The lowest BCUT2D eigenvalue weighted by atomic mass is 9.96. The van der Waals surface area contributed by atoms with Gasteiger partial charge in [-0.3, -0.25) is 9.59 Å². The maximum absolute atomic E-state index is 12.0. The number of ether oxygens (including phenoxy) is 1. The summed E-state index contributed by atoms with van der Waals surface area (Å²) in [5.41, 5.74) is 1.05. The molecule has 1 aromatic carbocycles. The molecule has 0 saturated heterocycles. The van der Waals surface area contributed by atoms with Crippen LogP contribution in [0.1, 0.15) is 38.7 Å². The lowest BCUT2D eigenvalue weighted by Gasteiger charge is -2.19. The van der Waals surface area contributed by atoms with E-state index < -0.39 is 17.9 Å². The van der Waals surface area contributed by atoms with Crippen LogP contribution in [0.2, 0.25) is 0 Å². The molecule has 1 aromatic rings. The molecule has 3 atom stereocenters. The van der Waals surface area contributed by atoms with Crippen molar-refractivity contribution in [2.24, 2.45) is 5.92 Å². The molecule has 116 valence electrons. The van der Waals surface area contributed by atoms with Gasteiger partial charge in [0.05, 0.1) is 13.0 Å². The van der Waals surface area contributed by atoms with Gasteiger partial charge in [-0.1, -0.05) is 19.1 Å². The molecule has 0 saturated carbocycles. The maximum atomic E-state index is 12.0. The van der Waals surface area contributed by atoms with E-state index >= 15 is 0 Å². The van der Waals surface area contributed by atoms with Crippen LogP contribution in [0.25, 0.3) is 0 Å². The van der Waals surface area contributed by atoms with E-state index in [1.54, 1.807) is 21.0 Å². The molecular formula is C16H23NO4. The topological polar surface area (TPSA) is 75.6 Å². The Bertz CT molecular complexity index is 484. The first kappa shape index (κ1) is 17.0. The standard InChI is InChI=1S/C16H23NO4/c1-10(13-5-7-14(21-4)8-6-13)9-15(18)17-12(3)11(2)16(19)20/h5-8,10-12H,9H2,1-4H3,(H,17,18)(H,19,20). The van der Waals surface area contributed by atoms with E-state index in [2.05, 4.69) is 5.32 Å². The van der Waals surface area contributed by atoms with Crippen LogP contribution in [0.15, 0.2) is 24.3 Å². The Kier molecular flexibility index (Phi) is 6.21. The fraction of sp³-hybridized carbons (Fsp3) is 0.500. The number of carboxylic acid groups (broad SMARTS) is 1. The number of carbonyl (C=O) groups excluding carboxylic acids is 1. The summed E-state index contributed by atoms with van der Waals surface area (Å²) in [4.78, 5) is 22.8. The molecule has 1 rings (SSSR count). The first-order valence-corrected chi connectivity index (χ1v) is 7.01. The fourth-order valence-electron chi connectivity index (χ4n) is 1.98. The predicted octanol–water partition coefficient (Wildman–Crippen LogP) is 2.41. The Morgan fingerprint density at radius 3 is 2.24 bits per heavy atom. The zero-order valence-electron chi connectivity index (χ0n) is 12.9. The van der Waals surface area contributed by atoms with Crippen LogP contribution in [-0.4, -0.2) is 30.1 Å². The Hall–Kier alpha value is -2.04. The van der Waals surface area contributed by atoms with E-state index in [-0.39, 0.29) is 11.8 Å². The predicted molar refractivity (Wildman–Crippen MR) is 80.4 cm³/mol. The Labute approximate surface area is 125 Å². The van der Waals surface area contributed by atoms with Crippen LogP contribution < -0.4 is 10.1 Å². The highest BCUT2D eigenvalue weighted by atomic mass is 16.5. The van der Waals surface area contributed by atoms with Gasteiger partial charge in [-0.05, 0) is 37.5 Å². The average molecular weight is 293 g/mol. The van der Waals surface area contributed by atoms with Crippen molar-refractivity contribution in [3.8, 4) is 5.75 Å². The normalized spacial score (nSPS) is 14.9. The van der Waals surface area contributed by atoms with Gasteiger partial charge in [0.2, 0.25) is 5.91 Å². The minimum absolute atomic E-state index is 0.0586. The molecule has 5 heteroatoms. The van der Waals surface area contributed by atoms with Crippen LogP contribution >= 0.6 is 0 Å². The molecule has 1 amide bonds. The summed E-state index contributed by atoms with van der Waals surface area (Å²) in [7, 11) is 1.61. The average Bonchev–Trinajstić information content (AvgIpc) is 2.46. The molecule has 21 heavy (non-hydrogen) atoms. The summed E-state index contributed by atoms with van der Waals surface area (Å²) in [6, 6.07) is 7.19. The zero-order chi connectivity index (χ0) is 16.0. The molecule has 0 bridgehead atoms. The largest absolute Gasteiger partial charge is 0.497 e. The summed E-state index contributed by atoms with van der Waals surface area (Å²) < 4.78 is 5.10. The molecule has 3 unspecified atom stereocenters. The Morgan fingerprint density at radius 2 is 1.76 bits per heavy atom. The molecule has 0 aliphatic carbocycles. The van der Waals surface area contributed by atoms with Crippen LogP contribution in [0.3, 0.4) is 0 Å². The molecule has 5 nitrogen and oxygen atoms in total. The molecule has 0 fully saturated rings. The van der Waals surface area contributed by atoms with Gasteiger partial charge in [-0.15, -0.1) is 0 Å². The Balaban J connectivity index is 2.55. The summed E-state index contributed by atoms with van der Waals surface area (Å²) in [5.74, 6) is -0.822. The van der Waals surface area contributed by atoms with E-state index in [1.807, 2.05) is 31.2 Å². The number of hydrogen-bond acceptors (Lipinski definition) is 3. The van der Waals surface area contributed by atoms with E-state index in [1.165, 1.54) is 0 Å². The van der Waals surface area contributed by atoms with Gasteiger partial charge in [-0.2, -0.15) is 0 Å². The number of carbonyl (C=O) groups is 2. The van der Waals surface area contributed by atoms with Gasteiger partial charge in [0.25, 0.3) is 0 Å². The smallest absolute Gasteiger partial charge is 0.308 e. The van der Waals surface area contributed by atoms with Gasteiger partial charge in [-0.25, -0.2) is 0 Å². The quantitative estimate of drug-likeness (QED) is 0.809. The summed E-state index contributed by atoms with van der Waals surface area (Å²) in [5, 5.41) is 11.7. The number of carboxylic acids is 1. The van der Waals surface area contributed by atoms with Gasteiger partial charge in [0.15, 0.2) is 0 Å². The molecule has 0 radical (unpaired) electrons. The van der Waals surface area contributed by atoms with E-state index in [4.69, 9.17) is 9.84 Å². The third-order valence-electron chi connectivity index (χ3n) is 3.70. The molecule has 0 aromatic heterocycles. The van der Waals surface area contributed by atoms with Gasteiger partial charge < -0.3 is 15.2 Å². The Morgan fingerprint density at radius 1 is 1.19 bits per heavy atom. The van der Waals surface area contributed by atoms with Crippen LogP contribution in [0.4, 0.5) is 0 Å². The maximum Gasteiger partial charge on any atom is 0.308 e. The lowest BCUT2D eigenvalue weighted by molar-refractivity contribution is -0.142. The number of aliphatic carboxylic acids is 1. The molecule has 0 heterocycles. The van der Waals surface area contributed by atoms with Gasteiger partial charge in [0, 0.05) is 12.5 Å². The van der Waals surface area contributed by atoms with Gasteiger partial charge in [0.1, 0.15) is 5.75 Å². The van der Waals surface area contributed by atoms with Crippen LogP contribution in [0, 0.1) is 5.92 Å². The summed E-state index contributed by atoms with van der Waals surface area (Å²) >= 11 is 0. The number of nitrogens with one attached hydrogen (secondary N) is 1. The zero-order valence-corrected chi connectivity index (χ0v) is 12.9. The van der Waals surface area contributed by atoms with Crippen LogP contribution in [-0.2, 0) is 9.59 Å². The first-order valence-electron chi connectivity index (χ1n) is 7.01. The monoisotopic (exact) mass is 293 g/mol. The molecule has 0 aliphatic heterocycles. The summed E-state index contributed by atoms with van der Waals surface area (Å²) in [6.45, 7) is 5.25. The van der Waals surface area contributed by atoms with Crippen molar-refractivity contribution in [3.05, 3.63) is 29.8 Å². The van der Waals surface area contributed by atoms with E-state index in [0.29, 0.717) is 6.42 Å². The second-order valence-electron chi connectivity index (χ2n) is 5.36. The number of methoxy groups -OCH3 is 1. The number of hydrogen-bond donors (Lipinski definition) is 2. The number of amides is 1. The summed E-state index contributed by atoms with van der Waals surface area (Å²) in [6.07, 6.45) is 0.322. The van der Waals surface area contributed by atoms with Crippen molar-refractivity contribution in [2.45, 2.75) is 39.2 Å². The number of rotatable bonds is 7. The van der Waals surface area contributed by atoms with Crippen molar-refractivity contribution < 1.29 is 19.4 Å². The second-order valence-corrected chi connectivity index (χ2v) is 5.36. The van der Waals surface area contributed by atoms with Crippen LogP contribution in [0.5, 0.6) is 5.75 Å². The highest BCUT2D eigenvalue weighted by molar-refractivity contribution is 5.78. The second kappa shape index (κ2) is 7.67. The van der Waals surface area contributed by atoms with Crippen molar-refractivity contribution >= 4 is 11.9 Å². The minimum Gasteiger partial charge on any atom is -0.497 e. The van der Waals surface area contributed by atoms with Gasteiger partial charge >= 0.3 is 5.97 Å². The molecule has 0 spiro atoms. The molecule has 2 N–H and O–H groups in total. The van der Waals surface area contributed by atoms with Crippen molar-refractivity contribution in [2.75, 3.05) is 7.11 Å². The molecular weight excluding hydrogens is 270 g/mol. The van der Waals surface area contributed by atoms with Crippen molar-refractivity contribution in [1.29, 1.82) is 0 Å². The van der Waals surface area contributed by atoms with Crippen molar-refractivity contribution in [3.63, 3.8) is 0 Å².